The normalized spacial score (nSPS) is 18.9. The maximum absolute atomic E-state index is 9.62. The van der Waals surface area contributed by atoms with E-state index in [1.165, 1.54) is 0 Å². The Balaban J connectivity index is 2.09. The molecule has 1 aromatic carbocycles. The molecule has 2 rings (SSSR count). The van der Waals surface area contributed by atoms with Gasteiger partial charge in [0.1, 0.15) is 5.75 Å². The van der Waals surface area contributed by atoms with Crippen LogP contribution in [-0.4, -0.2) is 64.3 Å². The van der Waals surface area contributed by atoms with Crippen molar-refractivity contribution in [3.05, 3.63) is 29.8 Å². The summed E-state index contributed by atoms with van der Waals surface area (Å²) < 4.78 is 0. The average molecular weight is 295 g/mol. The molecule has 110 valence electrons. The Morgan fingerprint density at radius 1 is 1.30 bits per heavy atom. The number of phenols is 1. The van der Waals surface area contributed by atoms with Crippen LogP contribution in [0.2, 0.25) is 0 Å². The van der Waals surface area contributed by atoms with E-state index in [9.17, 15) is 5.11 Å². The lowest BCUT2D eigenvalue weighted by molar-refractivity contribution is 0.101. The van der Waals surface area contributed by atoms with Crippen molar-refractivity contribution in [3.63, 3.8) is 0 Å². The quantitative estimate of drug-likeness (QED) is 0.680. The van der Waals surface area contributed by atoms with Gasteiger partial charge in [0.25, 0.3) is 0 Å². The molecule has 0 aliphatic carbocycles. The van der Waals surface area contributed by atoms with E-state index in [0.717, 1.165) is 31.7 Å². The van der Waals surface area contributed by atoms with Gasteiger partial charge in [-0.1, -0.05) is 24.4 Å². The largest absolute Gasteiger partial charge is 0.508 e. The van der Waals surface area contributed by atoms with Gasteiger partial charge in [-0.2, -0.15) is 0 Å². The molecule has 0 spiro atoms. The molecule has 1 aliphatic heterocycles. The molecule has 1 atom stereocenters. The minimum atomic E-state index is -0.145. The number of aromatic hydroxyl groups is 1. The fourth-order valence-corrected chi connectivity index (χ4v) is 2.92. The molecule has 1 heterocycles. The Hall–Kier alpha value is -1.21. The summed E-state index contributed by atoms with van der Waals surface area (Å²) in [6.07, 6.45) is 0. The van der Waals surface area contributed by atoms with Gasteiger partial charge in [0.2, 0.25) is 0 Å². The van der Waals surface area contributed by atoms with Crippen LogP contribution in [0.5, 0.6) is 5.75 Å². The second-order valence-electron chi connectivity index (χ2n) is 5.00. The molecular weight excluding hydrogens is 274 g/mol. The van der Waals surface area contributed by atoms with Crippen LogP contribution in [0.15, 0.2) is 24.3 Å². The van der Waals surface area contributed by atoms with E-state index < -0.39 is 0 Å². The van der Waals surface area contributed by atoms with E-state index in [4.69, 9.17) is 23.1 Å². The van der Waals surface area contributed by atoms with Crippen molar-refractivity contribution in [1.29, 1.82) is 0 Å². The molecule has 0 bridgehead atoms. The summed E-state index contributed by atoms with van der Waals surface area (Å²) in [6, 6.07) is 6.94. The summed E-state index contributed by atoms with van der Waals surface area (Å²) in [5.74, 6) is 0.225. The third-order valence-corrected chi connectivity index (χ3v) is 3.87. The van der Waals surface area contributed by atoms with Gasteiger partial charge in [0.05, 0.1) is 17.6 Å². The number of thiocarbonyl (C=S) groups is 1. The van der Waals surface area contributed by atoms with Crippen LogP contribution in [0.25, 0.3) is 0 Å². The summed E-state index contributed by atoms with van der Waals surface area (Å²) in [5.41, 5.74) is 6.82. The Morgan fingerprint density at radius 2 is 2.00 bits per heavy atom. The number of nitrogens with zero attached hydrogens (tertiary/aromatic N) is 2. The summed E-state index contributed by atoms with van der Waals surface area (Å²) in [4.78, 5) is 4.87. The third-order valence-electron chi connectivity index (χ3n) is 3.64. The van der Waals surface area contributed by atoms with Crippen molar-refractivity contribution >= 4 is 17.2 Å². The Labute approximate surface area is 124 Å². The van der Waals surface area contributed by atoms with E-state index in [1.807, 2.05) is 6.07 Å². The van der Waals surface area contributed by atoms with E-state index in [0.29, 0.717) is 11.5 Å². The van der Waals surface area contributed by atoms with E-state index in [1.54, 1.807) is 18.2 Å². The molecule has 4 N–H and O–H groups in total. The van der Waals surface area contributed by atoms with Gasteiger partial charge in [-0.15, -0.1) is 0 Å². The third kappa shape index (κ3) is 3.67. The predicted molar refractivity (Wildman–Crippen MR) is 82.7 cm³/mol. The molecule has 6 heteroatoms. The van der Waals surface area contributed by atoms with Gasteiger partial charge in [-0.05, 0) is 17.7 Å². The van der Waals surface area contributed by atoms with Crippen LogP contribution in [0.4, 0.5) is 0 Å². The first-order valence-electron chi connectivity index (χ1n) is 6.77. The van der Waals surface area contributed by atoms with Crippen LogP contribution >= 0.6 is 12.2 Å². The lowest BCUT2D eigenvalue weighted by atomic mass is 10.0. The first kappa shape index (κ1) is 15.2. The number of hydrogen-bond donors (Lipinski definition) is 3. The van der Waals surface area contributed by atoms with E-state index in [-0.39, 0.29) is 18.4 Å². The first-order chi connectivity index (χ1) is 9.61. The Bertz CT molecular complexity index is 461. The zero-order chi connectivity index (χ0) is 14.5. The number of piperazine rings is 1. The van der Waals surface area contributed by atoms with Crippen LogP contribution in [0.3, 0.4) is 0 Å². The maximum Gasteiger partial charge on any atom is 0.115 e. The van der Waals surface area contributed by atoms with Gasteiger partial charge >= 0.3 is 0 Å². The second kappa shape index (κ2) is 6.99. The highest BCUT2D eigenvalue weighted by Gasteiger charge is 2.26. The monoisotopic (exact) mass is 295 g/mol. The maximum atomic E-state index is 9.62. The van der Waals surface area contributed by atoms with Crippen LogP contribution in [0.1, 0.15) is 11.6 Å². The number of hydrogen-bond acceptors (Lipinski definition) is 5. The molecule has 0 amide bonds. The molecule has 1 aliphatic rings. The minimum Gasteiger partial charge on any atom is -0.508 e. The van der Waals surface area contributed by atoms with Crippen LogP contribution in [-0.2, 0) is 0 Å². The highest BCUT2D eigenvalue weighted by molar-refractivity contribution is 7.80. The number of rotatable bonds is 5. The van der Waals surface area contributed by atoms with E-state index in [2.05, 4.69) is 9.80 Å². The van der Waals surface area contributed by atoms with Crippen molar-refractivity contribution in [1.82, 2.24) is 9.80 Å². The fraction of sp³-hybridized carbons (Fsp3) is 0.500. The van der Waals surface area contributed by atoms with Crippen LogP contribution in [0, 0.1) is 0 Å². The van der Waals surface area contributed by atoms with Gasteiger partial charge in [-0.3, -0.25) is 9.80 Å². The number of β-amino-alcohol motifs (C(OH)–C–C–N with tert-alkyl or cyclic N) is 1. The Kier molecular flexibility index (Phi) is 5.31. The first-order valence-corrected chi connectivity index (χ1v) is 7.18. The molecule has 1 unspecified atom stereocenters. The number of benzene rings is 1. The fourth-order valence-electron chi connectivity index (χ4n) is 2.64. The molecular formula is C14H21N3O2S. The van der Waals surface area contributed by atoms with Gasteiger partial charge < -0.3 is 15.9 Å². The SMILES string of the molecule is NC(=S)C(c1cccc(O)c1)N1CCN(CCO)CC1. The highest BCUT2D eigenvalue weighted by atomic mass is 32.1. The molecule has 20 heavy (non-hydrogen) atoms. The molecule has 0 aromatic heterocycles. The van der Waals surface area contributed by atoms with Crippen LogP contribution < -0.4 is 5.73 Å². The number of nitrogens with two attached hydrogens (primary N) is 1. The van der Waals surface area contributed by atoms with Crippen molar-refractivity contribution in [2.24, 2.45) is 5.73 Å². The van der Waals surface area contributed by atoms with Crippen molar-refractivity contribution in [2.45, 2.75) is 6.04 Å². The van der Waals surface area contributed by atoms with Gasteiger partial charge in [-0.25, -0.2) is 0 Å². The number of aliphatic hydroxyl groups excluding tert-OH is 1. The summed E-state index contributed by atoms with van der Waals surface area (Å²) in [7, 11) is 0. The smallest absolute Gasteiger partial charge is 0.115 e. The van der Waals surface area contributed by atoms with Crippen molar-refractivity contribution in [2.75, 3.05) is 39.3 Å². The minimum absolute atomic E-state index is 0.145. The predicted octanol–water partition coefficient (Wildman–Crippen LogP) is 0.329. The number of aliphatic hydroxyl groups is 1. The molecule has 0 saturated carbocycles. The zero-order valence-corrected chi connectivity index (χ0v) is 12.2. The molecule has 0 radical (unpaired) electrons. The van der Waals surface area contributed by atoms with Crippen molar-refractivity contribution in [3.8, 4) is 5.75 Å². The molecule has 1 aromatic rings. The number of phenolic OH excluding ortho intramolecular Hbond substituents is 1. The molecule has 5 nitrogen and oxygen atoms in total. The highest BCUT2D eigenvalue weighted by Crippen LogP contribution is 2.25. The lowest BCUT2D eigenvalue weighted by Gasteiger charge is -2.38. The zero-order valence-electron chi connectivity index (χ0n) is 11.4. The summed E-state index contributed by atoms with van der Waals surface area (Å²) >= 11 is 5.20. The molecule has 1 saturated heterocycles. The second-order valence-corrected chi connectivity index (χ2v) is 5.47. The summed E-state index contributed by atoms with van der Waals surface area (Å²) in [6.45, 7) is 4.36. The Morgan fingerprint density at radius 3 is 2.55 bits per heavy atom. The molecule has 1 fully saturated rings. The van der Waals surface area contributed by atoms with Gasteiger partial charge in [0.15, 0.2) is 0 Å². The van der Waals surface area contributed by atoms with E-state index >= 15 is 0 Å². The average Bonchev–Trinajstić information content (AvgIpc) is 2.41. The van der Waals surface area contributed by atoms with Gasteiger partial charge in [0, 0.05) is 32.7 Å². The lowest BCUT2D eigenvalue weighted by Crippen LogP contribution is -2.50. The summed E-state index contributed by atoms with van der Waals surface area (Å²) in [5, 5.41) is 18.6. The van der Waals surface area contributed by atoms with Crippen molar-refractivity contribution < 1.29 is 10.2 Å². The topological polar surface area (TPSA) is 73.0 Å². The standard InChI is InChI=1S/C14H21N3O2S/c15-14(20)13(11-2-1-3-12(19)10-11)17-6-4-16(5-7-17)8-9-18/h1-3,10,13,18-19H,4-9H2,(H2,15,20).